The number of nitro benzene ring substituents is 1. The first-order chi connectivity index (χ1) is 11.7. The molecule has 1 aliphatic carbocycles. The number of rotatable bonds is 7. The van der Waals surface area contributed by atoms with Gasteiger partial charge in [0.05, 0.1) is 9.82 Å². The minimum Gasteiger partial charge on any atom is -0.378 e. The summed E-state index contributed by atoms with van der Waals surface area (Å²) in [6, 6.07) is 4.32. The van der Waals surface area contributed by atoms with E-state index in [2.05, 4.69) is 10.2 Å². The fourth-order valence-corrected chi connectivity index (χ4v) is 4.19. The van der Waals surface area contributed by atoms with E-state index in [-0.39, 0.29) is 16.6 Å². The predicted octanol–water partition coefficient (Wildman–Crippen LogP) is 2.92. The Balaban J connectivity index is 2.19. The van der Waals surface area contributed by atoms with Crippen LogP contribution in [-0.4, -0.2) is 51.2 Å². The van der Waals surface area contributed by atoms with Crippen LogP contribution in [0.2, 0.25) is 0 Å². The van der Waals surface area contributed by atoms with E-state index in [4.69, 9.17) is 0 Å². The van der Waals surface area contributed by atoms with Crippen LogP contribution in [0.3, 0.4) is 0 Å². The van der Waals surface area contributed by atoms with Gasteiger partial charge in [0.15, 0.2) is 9.84 Å². The highest BCUT2D eigenvalue weighted by molar-refractivity contribution is 7.90. The Morgan fingerprint density at radius 3 is 2.44 bits per heavy atom. The van der Waals surface area contributed by atoms with Crippen molar-refractivity contribution < 1.29 is 13.3 Å². The molecule has 1 unspecified atom stereocenters. The fraction of sp³-hybridized carbons (Fsp3) is 0.647. The van der Waals surface area contributed by atoms with Crippen LogP contribution in [-0.2, 0) is 9.84 Å². The van der Waals surface area contributed by atoms with E-state index in [1.54, 1.807) is 0 Å². The van der Waals surface area contributed by atoms with E-state index in [0.717, 1.165) is 12.3 Å². The Bertz CT molecular complexity index is 713. The lowest BCUT2D eigenvalue weighted by Crippen LogP contribution is -2.41. The quantitative estimate of drug-likeness (QED) is 0.587. The molecule has 0 aromatic heterocycles. The van der Waals surface area contributed by atoms with E-state index in [1.807, 2.05) is 14.1 Å². The molecule has 1 saturated carbocycles. The van der Waals surface area contributed by atoms with Crippen molar-refractivity contribution in [2.75, 3.05) is 32.2 Å². The molecule has 7 nitrogen and oxygen atoms in total. The number of nitrogens with zero attached hydrogens (tertiary/aromatic N) is 2. The summed E-state index contributed by atoms with van der Waals surface area (Å²) in [4.78, 5) is 12.9. The van der Waals surface area contributed by atoms with Crippen LogP contribution in [0.1, 0.15) is 32.1 Å². The van der Waals surface area contributed by atoms with E-state index in [9.17, 15) is 18.5 Å². The molecule has 8 heteroatoms. The lowest BCUT2D eigenvalue weighted by atomic mass is 9.83. The zero-order valence-corrected chi connectivity index (χ0v) is 15.9. The number of nitro groups is 1. The summed E-state index contributed by atoms with van der Waals surface area (Å²) in [6.07, 6.45) is 7.16. The average molecular weight is 369 g/mol. The van der Waals surface area contributed by atoms with Crippen LogP contribution in [0, 0.1) is 16.0 Å². The van der Waals surface area contributed by atoms with Crippen LogP contribution in [0.4, 0.5) is 11.4 Å². The molecular weight excluding hydrogens is 342 g/mol. The van der Waals surface area contributed by atoms with Crippen molar-refractivity contribution in [3.63, 3.8) is 0 Å². The Morgan fingerprint density at radius 1 is 1.28 bits per heavy atom. The summed E-state index contributed by atoms with van der Waals surface area (Å²) in [7, 11) is 0.582. The Labute approximate surface area is 149 Å². The third-order valence-electron chi connectivity index (χ3n) is 4.95. The van der Waals surface area contributed by atoms with Crippen molar-refractivity contribution in [3.8, 4) is 0 Å². The standard InChI is InChI=1S/C17H27N3O4S/c1-19(2)17(13-7-5-4-6-8-13)12-18-15-10-9-14(25(3,23)24)11-16(15)20(21)22/h9-11,13,17-18H,4-8,12H2,1-3H3. The van der Waals surface area contributed by atoms with E-state index in [1.165, 1.54) is 44.2 Å². The topological polar surface area (TPSA) is 92.6 Å². The summed E-state index contributed by atoms with van der Waals surface area (Å²) in [5.74, 6) is 0.575. The van der Waals surface area contributed by atoms with Crippen molar-refractivity contribution in [1.82, 2.24) is 4.90 Å². The number of sulfone groups is 1. The first kappa shape index (κ1) is 19.7. The summed E-state index contributed by atoms with van der Waals surface area (Å²) < 4.78 is 23.3. The van der Waals surface area contributed by atoms with Crippen molar-refractivity contribution in [1.29, 1.82) is 0 Å². The molecule has 25 heavy (non-hydrogen) atoms. The van der Waals surface area contributed by atoms with Gasteiger partial charge < -0.3 is 10.2 Å². The number of hydrogen-bond donors (Lipinski definition) is 1. The van der Waals surface area contributed by atoms with Crippen LogP contribution < -0.4 is 5.32 Å². The number of likely N-dealkylation sites (N-methyl/N-ethyl adjacent to an activating group) is 1. The monoisotopic (exact) mass is 369 g/mol. The van der Waals surface area contributed by atoms with Crippen molar-refractivity contribution in [2.24, 2.45) is 5.92 Å². The maximum atomic E-state index is 11.6. The van der Waals surface area contributed by atoms with Gasteiger partial charge in [-0.05, 0) is 45.0 Å². The maximum Gasteiger partial charge on any atom is 0.293 e. The third-order valence-corrected chi connectivity index (χ3v) is 6.06. The summed E-state index contributed by atoms with van der Waals surface area (Å²) in [5.41, 5.74) is 0.157. The molecule has 1 fully saturated rings. The van der Waals surface area contributed by atoms with Gasteiger partial charge >= 0.3 is 0 Å². The van der Waals surface area contributed by atoms with Crippen LogP contribution in [0.5, 0.6) is 0 Å². The van der Waals surface area contributed by atoms with Gasteiger partial charge in [-0.15, -0.1) is 0 Å². The minimum absolute atomic E-state index is 0.0406. The van der Waals surface area contributed by atoms with E-state index < -0.39 is 14.8 Å². The molecule has 0 spiro atoms. The molecule has 1 aromatic rings. The molecule has 2 rings (SSSR count). The largest absolute Gasteiger partial charge is 0.378 e. The minimum atomic E-state index is -3.48. The molecule has 140 valence electrons. The summed E-state index contributed by atoms with van der Waals surface area (Å²) in [6.45, 7) is 0.594. The first-order valence-corrected chi connectivity index (χ1v) is 10.5. The second-order valence-electron chi connectivity index (χ2n) is 7.02. The third kappa shape index (κ3) is 5.15. The molecule has 1 aromatic carbocycles. The second-order valence-corrected chi connectivity index (χ2v) is 9.03. The number of anilines is 1. The van der Waals surface area contributed by atoms with Gasteiger partial charge in [-0.1, -0.05) is 19.3 Å². The number of nitrogens with one attached hydrogen (secondary N) is 1. The fourth-order valence-electron chi connectivity index (χ4n) is 3.55. The van der Waals surface area contributed by atoms with E-state index in [0.29, 0.717) is 18.2 Å². The molecule has 1 N–H and O–H groups in total. The van der Waals surface area contributed by atoms with Crippen LogP contribution in [0.25, 0.3) is 0 Å². The van der Waals surface area contributed by atoms with Gasteiger partial charge in [-0.3, -0.25) is 10.1 Å². The molecule has 0 bridgehead atoms. The van der Waals surface area contributed by atoms with Gasteiger partial charge in [0, 0.05) is 24.9 Å². The Kier molecular flexibility index (Phi) is 6.40. The lowest BCUT2D eigenvalue weighted by molar-refractivity contribution is -0.384. The van der Waals surface area contributed by atoms with Gasteiger partial charge in [0.2, 0.25) is 0 Å². The van der Waals surface area contributed by atoms with Gasteiger partial charge in [0.25, 0.3) is 5.69 Å². The summed E-state index contributed by atoms with van der Waals surface area (Å²) in [5, 5.41) is 14.5. The smallest absolute Gasteiger partial charge is 0.293 e. The molecule has 0 radical (unpaired) electrons. The predicted molar refractivity (Wildman–Crippen MR) is 98.7 cm³/mol. The normalized spacial score (nSPS) is 17.4. The number of hydrogen-bond acceptors (Lipinski definition) is 6. The van der Waals surface area contributed by atoms with Gasteiger partial charge in [0.1, 0.15) is 5.69 Å². The zero-order chi connectivity index (χ0) is 18.6. The molecule has 0 saturated heterocycles. The van der Waals surface area contributed by atoms with Crippen LogP contribution in [0.15, 0.2) is 23.1 Å². The molecule has 1 atom stereocenters. The lowest BCUT2D eigenvalue weighted by Gasteiger charge is -2.35. The van der Waals surface area contributed by atoms with Crippen molar-refractivity contribution in [2.45, 2.75) is 43.0 Å². The Hall–Kier alpha value is -1.67. The van der Waals surface area contributed by atoms with Gasteiger partial charge in [-0.25, -0.2) is 8.42 Å². The Morgan fingerprint density at radius 2 is 1.92 bits per heavy atom. The SMILES string of the molecule is CN(C)C(CNc1ccc(S(C)(=O)=O)cc1[N+](=O)[O-])C1CCCCC1. The van der Waals surface area contributed by atoms with Crippen molar-refractivity contribution in [3.05, 3.63) is 28.3 Å². The van der Waals surface area contributed by atoms with Crippen LogP contribution >= 0.6 is 0 Å². The number of benzene rings is 1. The zero-order valence-electron chi connectivity index (χ0n) is 15.1. The molecule has 0 amide bonds. The summed E-state index contributed by atoms with van der Waals surface area (Å²) >= 11 is 0. The maximum absolute atomic E-state index is 11.6. The van der Waals surface area contributed by atoms with Gasteiger partial charge in [-0.2, -0.15) is 0 Å². The molecular formula is C17H27N3O4S. The highest BCUT2D eigenvalue weighted by Crippen LogP contribution is 2.31. The average Bonchev–Trinajstić information content (AvgIpc) is 2.54. The first-order valence-electron chi connectivity index (χ1n) is 8.59. The molecule has 0 heterocycles. The van der Waals surface area contributed by atoms with Crippen molar-refractivity contribution >= 4 is 21.2 Å². The molecule has 0 aliphatic heterocycles. The molecule has 1 aliphatic rings. The second kappa shape index (κ2) is 8.14. The van der Waals surface area contributed by atoms with E-state index >= 15 is 0 Å². The highest BCUT2D eigenvalue weighted by atomic mass is 32.2. The highest BCUT2D eigenvalue weighted by Gasteiger charge is 2.26.